The first-order chi connectivity index (χ1) is 12.3. The molecule has 0 unspecified atom stereocenters. The molecule has 1 amide bonds. The van der Waals surface area contributed by atoms with E-state index in [0.717, 1.165) is 6.07 Å². The van der Waals surface area contributed by atoms with Crippen LogP contribution in [0.4, 0.5) is 8.78 Å². The van der Waals surface area contributed by atoms with Crippen molar-refractivity contribution in [1.82, 2.24) is 5.32 Å². The zero-order valence-corrected chi connectivity index (χ0v) is 15.2. The fourth-order valence-electron chi connectivity index (χ4n) is 2.35. The Hall–Kier alpha value is -2.18. The molecular weight excluding hydrogens is 387 g/mol. The van der Waals surface area contributed by atoms with Crippen molar-refractivity contribution in [3.8, 4) is 0 Å². The van der Waals surface area contributed by atoms with Crippen molar-refractivity contribution in [2.45, 2.75) is 18.9 Å². The first kappa shape index (κ1) is 20.1. The summed E-state index contributed by atoms with van der Waals surface area (Å²) < 4.78 is 31.3. The van der Waals surface area contributed by atoms with Crippen molar-refractivity contribution in [1.29, 1.82) is 0 Å². The van der Waals surface area contributed by atoms with Crippen LogP contribution in [0.2, 0.25) is 10.0 Å². The van der Waals surface area contributed by atoms with Crippen LogP contribution in [0.1, 0.15) is 11.1 Å². The molecule has 0 spiro atoms. The molecule has 2 aromatic carbocycles. The third-order valence-corrected chi connectivity index (χ3v) is 4.37. The number of amides is 1. The maximum absolute atomic E-state index is 13.7. The van der Waals surface area contributed by atoms with Gasteiger partial charge in [-0.15, -0.1) is 0 Å². The van der Waals surface area contributed by atoms with Crippen molar-refractivity contribution in [2.75, 3.05) is 7.11 Å². The van der Waals surface area contributed by atoms with E-state index in [2.05, 4.69) is 5.32 Å². The Kier molecular flexibility index (Phi) is 6.94. The molecule has 0 bridgehead atoms. The van der Waals surface area contributed by atoms with Crippen molar-refractivity contribution < 1.29 is 23.1 Å². The number of carbonyl (C=O) groups excluding carboxylic acids is 2. The van der Waals surface area contributed by atoms with Crippen LogP contribution in [0.25, 0.3) is 0 Å². The fourth-order valence-corrected chi connectivity index (χ4v) is 2.90. The van der Waals surface area contributed by atoms with E-state index in [4.69, 9.17) is 27.9 Å². The minimum absolute atomic E-state index is 0.00280. The molecule has 0 fully saturated rings. The lowest BCUT2D eigenvalue weighted by atomic mass is 10.0. The summed E-state index contributed by atoms with van der Waals surface area (Å²) in [5.74, 6) is -2.92. The number of benzene rings is 2. The molecule has 2 rings (SSSR count). The number of methoxy groups -OCH3 is 1. The van der Waals surface area contributed by atoms with E-state index < -0.39 is 29.6 Å². The van der Waals surface area contributed by atoms with Gasteiger partial charge < -0.3 is 10.1 Å². The topological polar surface area (TPSA) is 55.4 Å². The highest BCUT2D eigenvalue weighted by Gasteiger charge is 2.24. The van der Waals surface area contributed by atoms with E-state index in [1.165, 1.54) is 13.2 Å². The number of hydrogen-bond acceptors (Lipinski definition) is 3. The SMILES string of the molecule is COC(=O)[C@@H](Cc1c(Cl)cccc1Cl)NC(=O)Cc1ccc(F)cc1F. The number of ether oxygens (including phenoxy) is 1. The van der Waals surface area contributed by atoms with Gasteiger partial charge in [-0.05, 0) is 29.3 Å². The fraction of sp³-hybridized carbons (Fsp3) is 0.222. The largest absolute Gasteiger partial charge is 0.467 e. The minimum Gasteiger partial charge on any atom is -0.467 e. The number of halogens is 4. The van der Waals surface area contributed by atoms with Crippen LogP contribution < -0.4 is 5.32 Å². The molecule has 0 aliphatic heterocycles. The summed E-state index contributed by atoms with van der Waals surface area (Å²) in [6, 6.07) is 6.70. The summed E-state index contributed by atoms with van der Waals surface area (Å²) in [4.78, 5) is 24.2. The van der Waals surface area contributed by atoms with Gasteiger partial charge in [0.2, 0.25) is 5.91 Å². The monoisotopic (exact) mass is 401 g/mol. The quantitative estimate of drug-likeness (QED) is 0.750. The lowest BCUT2D eigenvalue weighted by molar-refractivity contribution is -0.145. The molecular formula is C18H15Cl2F2NO3. The summed E-state index contributed by atoms with van der Waals surface area (Å²) in [6.07, 6.45) is -0.362. The molecule has 26 heavy (non-hydrogen) atoms. The normalized spacial score (nSPS) is 11.7. The molecule has 1 N–H and O–H groups in total. The van der Waals surface area contributed by atoms with Gasteiger partial charge in [-0.2, -0.15) is 0 Å². The van der Waals surface area contributed by atoms with Gasteiger partial charge in [-0.3, -0.25) is 4.79 Å². The Morgan fingerprint density at radius 2 is 1.81 bits per heavy atom. The number of nitrogens with one attached hydrogen (secondary N) is 1. The average Bonchev–Trinajstić information content (AvgIpc) is 2.59. The third-order valence-electron chi connectivity index (χ3n) is 3.66. The average molecular weight is 402 g/mol. The zero-order valence-electron chi connectivity index (χ0n) is 13.7. The first-order valence-corrected chi connectivity index (χ1v) is 8.31. The number of esters is 1. The van der Waals surface area contributed by atoms with Gasteiger partial charge in [-0.25, -0.2) is 13.6 Å². The highest BCUT2D eigenvalue weighted by atomic mass is 35.5. The van der Waals surface area contributed by atoms with Gasteiger partial charge in [0.05, 0.1) is 13.5 Å². The molecule has 138 valence electrons. The Morgan fingerprint density at radius 3 is 2.38 bits per heavy atom. The summed E-state index contributed by atoms with van der Waals surface area (Å²) in [6.45, 7) is 0. The maximum atomic E-state index is 13.7. The van der Waals surface area contributed by atoms with Crippen LogP contribution in [0.5, 0.6) is 0 Å². The third kappa shape index (κ3) is 5.16. The second kappa shape index (κ2) is 8.96. The van der Waals surface area contributed by atoms with Gasteiger partial charge in [0.15, 0.2) is 0 Å². The molecule has 4 nitrogen and oxygen atoms in total. The number of rotatable bonds is 6. The van der Waals surface area contributed by atoms with E-state index in [9.17, 15) is 18.4 Å². The lowest BCUT2D eigenvalue weighted by Crippen LogP contribution is -2.43. The second-order valence-electron chi connectivity index (χ2n) is 5.46. The Bertz CT molecular complexity index is 810. The smallest absolute Gasteiger partial charge is 0.328 e. The highest BCUT2D eigenvalue weighted by molar-refractivity contribution is 6.36. The van der Waals surface area contributed by atoms with Crippen LogP contribution >= 0.6 is 23.2 Å². The summed E-state index contributed by atoms with van der Waals surface area (Å²) in [5.41, 5.74) is 0.475. The zero-order chi connectivity index (χ0) is 19.3. The summed E-state index contributed by atoms with van der Waals surface area (Å²) in [5, 5.41) is 3.15. The number of hydrogen-bond donors (Lipinski definition) is 1. The maximum Gasteiger partial charge on any atom is 0.328 e. The van der Waals surface area contributed by atoms with Crippen LogP contribution in [-0.2, 0) is 27.2 Å². The van der Waals surface area contributed by atoms with Gasteiger partial charge >= 0.3 is 5.97 Å². The molecule has 1 atom stereocenters. The van der Waals surface area contributed by atoms with Gasteiger partial charge in [0, 0.05) is 22.5 Å². The predicted octanol–water partition coefficient (Wildman–Crippen LogP) is 3.71. The van der Waals surface area contributed by atoms with E-state index in [1.807, 2.05) is 0 Å². The first-order valence-electron chi connectivity index (χ1n) is 7.55. The van der Waals surface area contributed by atoms with Gasteiger partial charge in [-0.1, -0.05) is 35.3 Å². The van der Waals surface area contributed by atoms with Crippen LogP contribution in [0.15, 0.2) is 36.4 Å². The van der Waals surface area contributed by atoms with Crippen molar-refractivity contribution in [2.24, 2.45) is 0 Å². The molecule has 2 aromatic rings. The molecule has 0 aromatic heterocycles. The minimum atomic E-state index is -1.06. The predicted molar refractivity (Wildman–Crippen MR) is 94.2 cm³/mol. The Morgan fingerprint density at radius 1 is 1.15 bits per heavy atom. The summed E-state index contributed by atoms with van der Waals surface area (Å²) in [7, 11) is 1.18. The lowest BCUT2D eigenvalue weighted by Gasteiger charge is -2.18. The Labute approximate surface area is 159 Å². The van der Waals surface area contributed by atoms with Crippen molar-refractivity contribution in [3.05, 3.63) is 69.2 Å². The molecule has 0 saturated heterocycles. The number of carbonyl (C=O) groups is 2. The standard InChI is InChI=1S/C18H15Cl2F2NO3/c1-26-18(25)16(9-12-13(19)3-2-4-14(12)20)23-17(24)7-10-5-6-11(21)8-15(10)22/h2-6,8,16H,7,9H2,1H3,(H,23,24)/t16-/m1/s1. The van der Waals surface area contributed by atoms with E-state index in [1.54, 1.807) is 18.2 Å². The molecule has 0 aliphatic carbocycles. The van der Waals surface area contributed by atoms with Crippen LogP contribution in [0.3, 0.4) is 0 Å². The highest BCUT2D eigenvalue weighted by Crippen LogP contribution is 2.25. The molecule has 0 aliphatic rings. The van der Waals surface area contributed by atoms with Crippen molar-refractivity contribution >= 4 is 35.1 Å². The van der Waals surface area contributed by atoms with Crippen molar-refractivity contribution in [3.63, 3.8) is 0 Å². The van der Waals surface area contributed by atoms with Gasteiger partial charge in [0.25, 0.3) is 0 Å². The van der Waals surface area contributed by atoms with E-state index in [0.29, 0.717) is 21.7 Å². The van der Waals surface area contributed by atoms with Crippen LogP contribution in [0, 0.1) is 11.6 Å². The molecule has 0 saturated carbocycles. The molecule has 8 heteroatoms. The summed E-state index contributed by atoms with van der Waals surface area (Å²) >= 11 is 12.2. The van der Waals surface area contributed by atoms with E-state index >= 15 is 0 Å². The molecule has 0 heterocycles. The van der Waals surface area contributed by atoms with E-state index in [-0.39, 0.29) is 18.4 Å². The molecule has 0 radical (unpaired) electrons. The van der Waals surface area contributed by atoms with Gasteiger partial charge in [0.1, 0.15) is 17.7 Å². The Balaban J connectivity index is 2.14. The van der Waals surface area contributed by atoms with Crippen LogP contribution in [-0.4, -0.2) is 25.0 Å². The second-order valence-corrected chi connectivity index (χ2v) is 6.27.